The second-order valence-corrected chi connectivity index (χ2v) is 5.07. The molecule has 0 spiro atoms. The van der Waals surface area contributed by atoms with E-state index in [1.807, 2.05) is 13.0 Å². The zero-order valence-corrected chi connectivity index (χ0v) is 13.5. The molecule has 0 aliphatic rings. The Bertz CT molecular complexity index is 866. The first-order valence-corrected chi connectivity index (χ1v) is 7.34. The zero-order chi connectivity index (χ0) is 18.2. The van der Waals surface area contributed by atoms with Crippen LogP contribution in [0, 0.1) is 19.3 Å². The van der Waals surface area contributed by atoms with Crippen LogP contribution in [0.4, 0.5) is 5.69 Å². The van der Waals surface area contributed by atoms with E-state index in [2.05, 4.69) is 16.2 Å². The number of hydrogen-bond donors (Lipinski definition) is 2. The SMILES string of the molecule is C#CCOc1ccc(/C=C/C(=O)Nc2ccncc2C(=O)O)cc1C. The van der Waals surface area contributed by atoms with Gasteiger partial charge >= 0.3 is 5.97 Å². The number of aromatic nitrogens is 1. The van der Waals surface area contributed by atoms with Crippen LogP contribution < -0.4 is 10.1 Å². The molecule has 1 amide bonds. The average molecular weight is 336 g/mol. The van der Waals surface area contributed by atoms with E-state index in [4.69, 9.17) is 16.3 Å². The van der Waals surface area contributed by atoms with E-state index in [0.717, 1.165) is 11.1 Å². The second-order valence-electron chi connectivity index (χ2n) is 5.07. The summed E-state index contributed by atoms with van der Waals surface area (Å²) >= 11 is 0. The standard InChI is InChI=1S/C19H16N2O4/c1-3-10-25-17-6-4-14(11-13(17)2)5-7-18(22)21-16-8-9-20-12-15(16)19(23)24/h1,4-9,11-12H,10H2,2H3,(H,23,24)(H,20,21,22)/b7-5+. The predicted octanol–water partition coefficient (Wildman–Crippen LogP) is 2.75. The average Bonchev–Trinajstić information content (AvgIpc) is 2.59. The minimum atomic E-state index is -1.16. The third kappa shape index (κ3) is 4.94. The van der Waals surface area contributed by atoms with Gasteiger partial charge in [-0.2, -0.15) is 0 Å². The summed E-state index contributed by atoms with van der Waals surface area (Å²) in [5.41, 5.74) is 1.80. The Kier molecular flexibility index (Phi) is 5.91. The van der Waals surface area contributed by atoms with Gasteiger partial charge in [-0.25, -0.2) is 4.79 Å². The number of aromatic carboxylic acids is 1. The topological polar surface area (TPSA) is 88.5 Å². The van der Waals surface area contributed by atoms with E-state index < -0.39 is 11.9 Å². The number of pyridine rings is 1. The van der Waals surface area contributed by atoms with Crippen LogP contribution in [0.15, 0.2) is 42.7 Å². The van der Waals surface area contributed by atoms with Crippen molar-refractivity contribution in [2.45, 2.75) is 6.92 Å². The van der Waals surface area contributed by atoms with Crippen molar-refractivity contribution in [2.75, 3.05) is 11.9 Å². The Morgan fingerprint density at radius 3 is 2.88 bits per heavy atom. The van der Waals surface area contributed by atoms with E-state index in [1.165, 1.54) is 24.5 Å². The van der Waals surface area contributed by atoms with Crippen molar-refractivity contribution < 1.29 is 19.4 Å². The number of hydrogen-bond acceptors (Lipinski definition) is 4. The highest BCUT2D eigenvalue weighted by Gasteiger charge is 2.11. The maximum atomic E-state index is 12.0. The quantitative estimate of drug-likeness (QED) is 0.625. The zero-order valence-electron chi connectivity index (χ0n) is 13.5. The summed E-state index contributed by atoms with van der Waals surface area (Å²) in [4.78, 5) is 26.8. The third-order valence-corrected chi connectivity index (χ3v) is 3.25. The summed E-state index contributed by atoms with van der Waals surface area (Å²) in [7, 11) is 0. The van der Waals surface area contributed by atoms with Gasteiger partial charge in [-0.1, -0.05) is 12.0 Å². The first-order chi connectivity index (χ1) is 12.0. The van der Waals surface area contributed by atoms with Crippen LogP contribution in [-0.4, -0.2) is 28.6 Å². The summed E-state index contributed by atoms with van der Waals surface area (Å²) in [5.74, 6) is 1.47. The number of rotatable bonds is 6. The monoisotopic (exact) mass is 336 g/mol. The Balaban J connectivity index is 2.07. The fourth-order valence-corrected chi connectivity index (χ4v) is 2.08. The van der Waals surface area contributed by atoms with Crippen LogP contribution in [-0.2, 0) is 4.79 Å². The van der Waals surface area contributed by atoms with Crippen LogP contribution >= 0.6 is 0 Å². The lowest BCUT2D eigenvalue weighted by Crippen LogP contribution is -2.12. The molecular weight excluding hydrogens is 320 g/mol. The molecule has 0 atom stereocenters. The number of terminal acetylenes is 1. The molecule has 1 aromatic heterocycles. The van der Waals surface area contributed by atoms with E-state index in [1.54, 1.807) is 18.2 Å². The highest BCUT2D eigenvalue weighted by molar-refractivity contribution is 6.05. The molecule has 2 aromatic rings. The highest BCUT2D eigenvalue weighted by Crippen LogP contribution is 2.20. The van der Waals surface area contributed by atoms with Gasteiger partial charge in [-0.15, -0.1) is 6.42 Å². The van der Waals surface area contributed by atoms with E-state index in [-0.39, 0.29) is 17.9 Å². The number of amides is 1. The molecule has 0 saturated heterocycles. The van der Waals surface area contributed by atoms with Gasteiger partial charge in [0.1, 0.15) is 17.9 Å². The number of nitrogens with zero attached hydrogens (tertiary/aromatic N) is 1. The lowest BCUT2D eigenvalue weighted by molar-refractivity contribution is -0.111. The third-order valence-electron chi connectivity index (χ3n) is 3.25. The predicted molar refractivity (Wildman–Crippen MR) is 94.4 cm³/mol. The molecule has 1 aromatic carbocycles. The van der Waals surface area contributed by atoms with E-state index >= 15 is 0 Å². The Morgan fingerprint density at radius 2 is 2.20 bits per heavy atom. The molecule has 0 fully saturated rings. The van der Waals surface area contributed by atoms with Crippen molar-refractivity contribution in [2.24, 2.45) is 0 Å². The van der Waals surface area contributed by atoms with Crippen LogP contribution in [0.2, 0.25) is 0 Å². The van der Waals surface area contributed by atoms with E-state index in [0.29, 0.717) is 5.75 Å². The van der Waals surface area contributed by atoms with Gasteiger partial charge in [-0.3, -0.25) is 9.78 Å². The van der Waals surface area contributed by atoms with Crippen LogP contribution in [0.1, 0.15) is 21.5 Å². The fourth-order valence-electron chi connectivity index (χ4n) is 2.08. The molecule has 1 heterocycles. The molecule has 0 aliphatic heterocycles. The van der Waals surface area contributed by atoms with Crippen molar-refractivity contribution in [1.82, 2.24) is 4.98 Å². The molecule has 2 N–H and O–H groups in total. The number of carboxylic acids is 1. The van der Waals surface area contributed by atoms with Crippen LogP contribution in [0.5, 0.6) is 5.75 Å². The van der Waals surface area contributed by atoms with Gasteiger partial charge in [0.2, 0.25) is 5.91 Å². The molecule has 0 saturated carbocycles. The lowest BCUT2D eigenvalue weighted by atomic mass is 10.1. The van der Waals surface area contributed by atoms with Gasteiger partial charge in [0.05, 0.1) is 5.69 Å². The van der Waals surface area contributed by atoms with Crippen molar-refractivity contribution in [1.29, 1.82) is 0 Å². The first kappa shape index (κ1) is 17.8. The number of carbonyl (C=O) groups excluding carboxylic acids is 1. The van der Waals surface area contributed by atoms with Crippen molar-refractivity contribution in [3.05, 3.63) is 59.4 Å². The maximum Gasteiger partial charge on any atom is 0.339 e. The molecule has 0 radical (unpaired) electrons. The summed E-state index contributed by atoms with van der Waals surface area (Å²) < 4.78 is 5.38. The minimum Gasteiger partial charge on any atom is -0.481 e. The van der Waals surface area contributed by atoms with Gasteiger partial charge in [0.25, 0.3) is 0 Å². The Morgan fingerprint density at radius 1 is 1.40 bits per heavy atom. The van der Waals surface area contributed by atoms with Gasteiger partial charge < -0.3 is 15.2 Å². The number of aryl methyl sites for hydroxylation is 1. The number of anilines is 1. The molecule has 0 unspecified atom stereocenters. The molecule has 126 valence electrons. The molecule has 6 nitrogen and oxygen atoms in total. The number of carboxylic acid groups (broad SMARTS) is 1. The van der Waals surface area contributed by atoms with Crippen molar-refractivity contribution in [3.63, 3.8) is 0 Å². The number of benzene rings is 1. The highest BCUT2D eigenvalue weighted by atomic mass is 16.5. The molecule has 25 heavy (non-hydrogen) atoms. The van der Waals surface area contributed by atoms with Gasteiger partial charge in [-0.05, 0) is 42.3 Å². The lowest BCUT2D eigenvalue weighted by Gasteiger charge is -2.07. The summed E-state index contributed by atoms with van der Waals surface area (Å²) in [6.45, 7) is 2.07. The number of carbonyl (C=O) groups is 2. The molecule has 2 rings (SSSR count). The molecular formula is C19H16N2O4. The van der Waals surface area contributed by atoms with E-state index in [9.17, 15) is 9.59 Å². The van der Waals surface area contributed by atoms with Gasteiger partial charge in [0, 0.05) is 18.5 Å². The maximum absolute atomic E-state index is 12.0. The Hall–Kier alpha value is -3.59. The molecule has 6 heteroatoms. The van der Waals surface area contributed by atoms with Crippen LogP contribution in [0.3, 0.4) is 0 Å². The molecule has 0 bridgehead atoms. The summed E-state index contributed by atoms with van der Waals surface area (Å²) in [6, 6.07) is 6.84. The largest absolute Gasteiger partial charge is 0.481 e. The number of nitrogens with one attached hydrogen (secondary N) is 1. The van der Waals surface area contributed by atoms with Crippen molar-refractivity contribution in [3.8, 4) is 18.1 Å². The van der Waals surface area contributed by atoms with Crippen molar-refractivity contribution >= 4 is 23.6 Å². The fraction of sp³-hybridized carbons (Fsp3) is 0.105. The normalized spacial score (nSPS) is 10.2. The number of ether oxygens (including phenoxy) is 1. The van der Waals surface area contributed by atoms with Crippen LogP contribution in [0.25, 0.3) is 6.08 Å². The second kappa shape index (κ2) is 8.31. The molecule has 0 aliphatic carbocycles. The smallest absolute Gasteiger partial charge is 0.339 e. The summed E-state index contributed by atoms with van der Waals surface area (Å²) in [5, 5.41) is 11.6. The Labute approximate surface area is 145 Å². The van der Waals surface area contributed by atoms with Gasteiger partial charge in [0.15, 0.2) is 0 Å². The summed E-state index contributed by atoms with van der Waals surface area (Å²) in [6.07, 6.45) is 10.7. The first-order valence-electron chi connectivity index (χ1n) is 7.34. The minimum absolute atomic E-state index is 0.0740.